The SMILES string of the molecule is C#Cc1ccc(F)c(-c2cc(F)ccc2Cl)c1. The number of hydrogen-bond donors (Lipinski definition) is 0. The molecule has 2 rings (SSSR count). The predicted molar refractivity (Wildman–Crippen MR) is 64.7 cm³/mol. The van der Waals surface area contributed by atoms with Gasteiger partial charge in [-0.1, -0.05) is 17.5 Å². The third kappa shape index (κ3) is 2.30. The van der Waals surface area contributed by atoms with Crippen LogP contribution in [0.2, 0.25) is 5.02 Å². The Kier molecular flexibility index (Phi) is 3.12. The fraction of sp³-hybridized carbons (Fsp3) is 0. The van der Waals surface area contributed by atoms with Crippen LogP contribution in [0.25, 0.3) is 11.1 Å². The monoisotopic (exact) mass is 248 g/mol. The molecule has 0 atom stereocenters. The van der Waals surface area contributed by atoms with Crippen LogP contribution in [0.1, 0.15) is 5.56 Å². The molecule has 17 heavy (non-hydrogen) atoms. The zero-order valence-electron chi connectivity index (χ0n) is 8.68. The van der Waals surface area contributed by atoms with Crippen molar-refractivity contribution in [3.63, 3.8) is 0 Å². The van der Waals surface area contributed by atoms with Gasteiger partial charge in [-0.2, -0.15) is 0 Å². The van der Waals surface area contributed by atoms with E-state index >= 15 is 0 Å². The van der Waals surface area contributed by atoms with Gasteiger partial charge in [0.25, 0.3) is 0 Å². The van der Waals surface area contributed by atoms with Gasteiger partial charge in [-0.25, -0.2) is 8.78 Å². The first-order valence-corrected chi connectivity index (χ1v) is 5.21. The molecule has 0 saturated heterocycles. The van der Waals surface area contributed by atoms with Gasteiger partial charge in [0, 0.05) is 21.7 Å². The number of terminal acetylenes is 1. The summed E-state index contributed by atoms with van der Waals surface area (Å²) in [7, 11) is 0. The molecule has 0 heterocycles. The molecule has 0 nitrogen and oxygen atoms in total. The normalized spacial score (nSPS) is 10.0. The molecule has 84 valence electrons. The van der Waals surface area contributed by atoms with Crippen molar-refractivity contribution in [1.29, 1.82) is 0 Å². The molecule has 0 radical (unpaired) electrons. The fourth-order valence-electron chi connectivity index (χ4n) is 1.53. The molecule has 0 amide bonds. The van der Waals surface area contributed by atoms with E-state index in [2.05, 4.69) is 5.92 Å². The van der Waals surface area contributed by atoms with Crippen molar-refractivity contribution in [3.8, 4) is 23.5 Å². The van der Waals surface area contributed by atoms with Crippen molar-refractivity contribution in [1.82, 2.24) is 0 Å². The quantitative estimate of drug-likeness (QED) is 0.662. The maximum Gasteiger partial charge on any atom is 0.131 e. The summed E-state index contributed by atoms with van der Waals surface area (Å²) in [5.41, 5.74) is 1.01. The second-order valence-corrected chi connectivity index (χ2v) is 3.87. The van der Waals surface area contributed by atoms with Gasteiger partial charge in [0.2, 0.25) is 0 Å². The smallest absolute Gasteiger partial charge is 0.131 e. The van der Waals surface area contributed by atoms with E-state index in [1.165, 1.54) is 36.4 Å². The summed E-state index contributed by atoms with van der Waals surface area (Å²) in [6.45, 7) is 0. The summed E-state index contributed by atoms with van der Waals surface area (Å²) in [6, 6.07) is 7.97. The van der Waals surface area contributed by atoms with E-state index in [-0.39, 0.29) is 10.6 Å². The molecular formula is C14H7ClF2. The minimum atomic E-state index is -0.489. The summed E-state index contributed by atoms with van der Waals surface area (Å²) >= 11 is 5.91. The Hall–Kier alpha value is -1.85. The molecule has 0 bridgehead atoms. The van der Waals surface area contributed by atoms with Crippen molar-refractivity contribution in [2.24, 2.45) is 0 Å². The van der Waals surface area contributed by atoms with Crippen molar-refractivity contribution in [2.75, 3.05) is 0 Å². The van der Waals surface area contributed by atoms with Gasteiger partial charge < -0.3 is 0 Å². The van der Waals surface area contributed by atoms with Crippen molar-refractivity contribution in [2.45, 2.75) is 0 Å². The second kappa shape index (κ2) is 4.57. The number of benzene rings is 2. The predicted octanol–water partition coefficient (Wildman–Crippen LogP) is 4.27. The summed E-state index contributed by atoms with van der Waals surface area (Å²) in [4.78, 5) is 0. The van der Waals surface area contributed by atoms with Crippen LogP contribution in [0.15, 0.2) is 36.4 Å². The maximum atomic E-state index is 13.7. The van der Waals surface area contributed by atoms with Crippen LogP contribution in [0.4, 0.5) is 8.78 Å². The van der Waals surface area contributed by atoms with Crippen LogP contribution in [0.5, 0.6) is 0 Å². The number of hydrogen-bond acceptors (Lipinski definition) is 0. The summed E-state index contributed by atoms with van der Waals surface area (Å²) in [5.74, 6) is 1.43. The van der Waals surface area contributed by atoms with Gasteiger partial charge in [-0.05, 0) is 36.4 Å². The molecule has 0 spiro atoms. The summed E-state index contributed by atoms with van der Waals surface area (Å²) in [6.07, 6.45) is 5.24. The lowest BCUT2D eigenvalue weighted by atomic mass is 10.0. The Bertz CT molecular complexity index is 612. The molecule has 0 N–H and O–H groups in total. The summed E-state index contributed by atoms with van der Waals surface area (Å²) < 4.78 is 26.8. The van der Waals surface area contributed by atoms with E-state index in [1.54, 1.807) is 0 Å². The first-order valence-electron chi connectivity index (χ1n) is 4.83. The third-order valence-electron chi connectivity index (χ3n) is 2.35. The van der Waals surface area contributed by atoms with Crippen LogP contribution in [-0.4, -0.2) is 0 Å². The average molecular weight is 249 g/mol. The first-order chi connectivity index (χ1) is 8.11. The number of rotatable bonds is 1. The number of halogens is 3. The highest BCUT2D eigenvalue weighted by atomic mass is 35.5. The van der Waals surface area contributed by atoms with Gasteiger partial charge in [-0.3, -0.25) is 0 Å². The molecule has 3 heteroatoms. The van der Waals surface area contributed by atoms with Crippen molar-refractivity contribution in [3.05, 3.63) is 58.6 Å². The topological polar surface area (TPSA) is 0 Å². The minimum Gasteiger partial charge on any atom is -0.207 e. The summed E-state index contributed by atoms with van der Waals surface area (Å²) in [5, 5.41) is 0.277. The average Bonchev–Trinajstić information content (AvgIpc) is 2.33. The Morgan fingerprint density at radius 2 is 1.76 bits per heavy atom. The molecular weight excluding hydrogens is 242 g/mol. The highest BCUT2D eigenvalue weighted by molar-refractivity contribution is 6.33. The van der Waals surface area contributed by atoms with Crippen LogP contribution in [0.3, 0.4) is 0 Å². The maximum absolute atomic E-state index is 13.7. The first kappa shape index (κ1) is 11.6. The van der Waals surface area contributed by atoms with E-state index < -0.39 is 11.6 Å². The van der Waals surface area contributed by atoms with Crippen LogP contribution in [-0.2, 0) is 0 Å². The van der Waals surface area contributed by atoms with E-state index in [4.69, 9.17) is 18.0 Å². The molecule has 0 aliphatic rings. The second-order valence-electron chi connectivity index (χ2n) is 3.46. The molecule has 2 aromatic carbocycles. The molecule has 0 aliphatic heterocycles. The molecule has 0 aromatic heterocycles. The molecule has 0 fully saturated rings. The van der Waals surface area contributed by atoms with E-state index in [0.717, 1.165) is 0 Å². The fourth-order valence-corrected chi connectivity index (χ4v) is 1.74. The van der Waals surface area contributed by atoms with Gasteiger partial charge >= 0.3 is 0 Å². The Morgan fingerprint density at radius 1 is 1.00 bits per heavy atom. The van der Waals surface area contributed by atoms with E-state index in [0.29, 0.717) is 11.1 Å². The zero-order chi connectivity index (χ0) is 12.4. The molecule has 0 aliphatic carbocycles. The Labute approximate surface area is 103 Å². The van der Waals surface area contributed by atoms with E-state index in [1.807, 2.05) is 0 Å². The van der Waals surface area contributed by atoms with Gasteiger partial charge in [0.15, 0.2) is 0 Å². The van der Waals surface area contributed by atoms with Crippen LogP contribution < -0.4 is 0 Å². The van der Waals surface area contributed by atoms with Crippen molar-refractivity contribution >= 4 is 11.6 Å². The molecule has 0 unspecified atom stereocenters. The van der Waals surface area contributed by atoms with E-state index in [9.17, 15) is 8.78 Å². The lowest BCUT2D eigenvalue weighted by Gasteiger charge is -2.06. The van der Waals surface area contributed by atoms with Crippen LogP contribution in [0, 0.1) is 24.0 Å². The molecule has 0 saturated carbocycles. The van der Waals surface area contributed by atoms with Crippen LogP contribution >= 0.6 is 11.6 Å². The third-order valence-corrected chi connectivity index (χ3v) is 2.68. The largest absolute Gasteiger partial charge is 0.207 e. The Morgan fingerprint density at radius 3 is 2.47 bits per heavy atom. The zero-order valence-corrected chi connectivity index (χ0v) is 9.43. The Balaban J connectivity index is 2.68. The van der Waals surface area contributed by atoms with Crippen molar-refractivity contribution < 1.29 is 8.78 Å². The van der Waals surface area contributed by atoms with Gasteiger partial charge in [-0.15, -0.1) is 6.42 Å². The minimum absolute atomic E-state index is 0.199. The standard InChI is InChI=1S/C14H7ClF2/c1-2-9-3-6-14(17)12(7-9)11-8-10(16)4-5-13(11)15/h1,3-8H. The molecule has 2 aromatic rings. The van der Waals surface area contributed by atoms with Gasteiger partial charge in [0.05, 0.1) is 0 Å². The highest BCUT2D eigenvalue weighted by Crippen LogP contribution is 2.31. The highest BCUT2D eigenvalue weighted by Gasteiger charge is 2.10. The lowest BCUT2D eigenvalue weighted by Crippen LogP contribution is -1.88. The lowest BCUT2D eigenvalue weighted by molar-refractivity contribution is 0.624. The van der Waals surface area contributed by atoms with Gasteiger partial charge in [0.1, 0.15) is 11.6 Å².